The highest BCUT2D eigenvalue weighted by molar-refractivity contribution is 7.99. The van der Waals surface area contributed by atoms with Gasteiger partial charge in [0.25, 0.3) is 0 Å². The fourth-order valence-corrected chi connectivity index (χ4v) is 5.02. The fraction of sp³-hybridized carbons (Fsp3) is 0.571. The molecule has 0 spiro atoms. The van der Waals surface area contributed by atoms with Crippen molar-refractivity contribution in [1.29, 1.82) is 0 Å². The zero-order valence-corrected chi connectivity index (χ0v) is 20.1. The van der Waals surface area contributed by atoms with Crippen LogP contribution in [-0.4, -0.2) is 21.7 Å². The molecule has 0 amide bonds. The number of phenols is 2. The van der Waals surface area contributed by atoms with Crippen LogP contribution in [0.1, 0.15) is 88.2 Å². The van der Waals surface area contributed by atoms with Gasteiger partial charge in [0.1, 0.15) is 11.5 Å². The minimum atomic E-state index is 0.448. The summed E-state index contributed by atoms with van der Waals surface area (Å²) in [6.07, 6.45) is 17.7. The molecule has 2 aromatic rings. The van der Waals surface area contributed by atoms with Gasteiger partial charge in [0, 0.05) is 0 Å². The molecule has 0 aliphatic rings. The third-order valence-corrected chi connectivity index (χ3v) is 7.11. The molecule has 0 fully saturated rings. The minimum Gasteiger partial charge on any atom is -0.508 e. The number of hydrogen-bond donors (Lipinski definition) is 2. The first-order valence-electron chi connectivity index (χ1n) is 12.4. The Hall–Kier alpha value is -1.61. The van der Waals surface area contributed by atoms with Gasteiger partial charge in [0.15, 0.2) is 0 Å². The molecule has 0 saturated heterocycles. The molecule has 0 radical (unpaired) electrons. The summed E-state index contributed by atoms with van der Waals surface area (Å²) in [6, 6.07) is 15.4. The summed E-state index contributed by atoms with van der Waals surface area (Å²) in [7, 11) is 0. The van der Waals surface area contributed by atoms with Crippen molar-refractivity contribution in [3.05, 3.63) is 59.7 Å². The van der Waals surface area contributed by atoms with E-state index in [1.807, 2.05) is 36.4 Å². The van der Waals surface area contributed by atoms with Crippen molar-refractivity contribution < 1.29 is 10.2 Å². The molecule has 0 bridgehead atoms. The number of thioether (sulfide) groups is 1. The molecule has 2 nitrogen and oxygen atoms in total. The van der Waals surface area contributed by atoms with Crippen molar-refractivity contribution in [2.45, 2.75) is 89.9 Å². The molecule has 3 heteroatoms. The molecule has 2 rings (SSSR count). The third-order valence-electron chi connectivity index (χ3n) is 5.95. The van der Waals surface area contributed by atoms with Gasteiger partial charge in [0.05, 0.1) is 0 Å². The Balaban J connectivity index is 1.27. The molecule has 31 heavy (non-hydrogen) atoms. The van der Waals surface area contributed by atoms with E-state index in [0.717, 1.165) is 24.0 Å². The van der Waals surface area contributed by atoms with E-state index in [2.05, 4.69) is 11.8 Å². The number of unbranched alkanes of at least 4 members (excludes halogenated alkanes) is 10. The lowest BCUT2D eigenvalue weighted by Crippen LogP contribution is -1.89. The van der Waals surface area contributed by atoms with Crippen LogP contribution in [0.2, 0.25) is 0 Å². The molecule has 172 valence electrons. The Morgan fingerprint density at radius 1 is 0.452 bits per heavy atom. The highest BCUT2D eigenvalue weighted by Gasteiger charge is 2.00. The van der Waals surface area contributed by atoms with Crippen LogP contribution in [0.15, 0.2) is 48.5 Å². The van der Waals surface area contributed by atoms with E-state index in [0.29, 0.717) is 11.5 Å². The van der Waals surface area contributed by atoms with Crippen LogP contribution in [0.4, 0.5) is 0 Å². The first-order valence-corrected chi connectivity index (χ1v) is 13.5. The maximum absolute atomic E-state index is 9.77. The Labute approximate surface area is 194 Å². The van der Waals surface area contributed by atoms with Gasteiger partial charge < -0.3 is 10.2 Å². The van der Waals surface area contributed by atoms with Gasteiger partial charge in [-0.1, -0.05) is 87.8 Å². The van der Waals surface area contributed by atoms with Crippen LogP contribution in [0.3, 0.4) is 0 Å². The average molecular weight is 443 g/mol. The summed E-state index contributed by atoms with van der Waals surface area (Å²) >= 11 is 2.13. The summed E-state index contributed by atoms with van der Waals surface area (Å²) < 4.78 is 0. The van der Waals surface area contributed by atoms with E-state index in [1.54, 1.807) is 12.1 Å². The number of aryl methyl sites for hydroxylation is 2. The number of benzene rings is 2. The normalized spacial score (nSPS) is 11.1. The predicted octanol–water partition coefficient (Wildman–Crippen LogP) is 8.30. The summed E-state index contributed by atoms with van der Waals surface area (Å²) in [5.41, 5.74) is 2.18. The van der Waals surface area contributed by atoms with E-state index >= 15 is 0 Å². The van der Waals surface area contributed by atoms with Crippen molar-refractivity contribution >= 4 is 11.8 Å². The molecule has 0 atom stereocenters. The van der Waals surface area contributed by atoms with Gasteiger partial charge in [-0.2, -0.15) is 11.8 Å². The second-order valence-corrected chi connectivity index (χ2v) is 9.84. The highest BCUT2D eigenvalue weighted by atomic mass is 32.2. The van der Waals surface area contributed by atoms with E-state index in [4.69, 9.17) is 0 Å². The second kappa shape index (κ2) is 17.0. The topological polar surface area (TPSA) is 40.5 Å². The summed E-state index contributed by atoms with van der Waals surface area (Å²) in [5, 5.41) is 19.5. The zero-order chi connectivity index (χ0) is 22.0. The van der Waals surface area contributed by atoms with Gasteiger partial charge in [0.2, 0.25) is 0 Å². The van der Waals surface area contributed by atoms with Gasteiger partial charge in [-0.3, -0.25) is 0 Å². The number of hydrogen-bond acceptors (Lipinski definition) is 3. The van der Waals surface area contributed by atoms with Gasteiger partial charge in [-0.25, -0.2) is 0 Å². The molecular formula is C28H42O2S. The quantitative estimate of drug-likeness (QED) is 0.228. The van der Waals surface area contributed by atoms with Gasteiger partial charge in [-0.15, -0.1) is 0 Å². The Morgan fingerprint density at radius 3 is 1.23 bits per heavy atom. The lowest BCUT2D eigenvalue weighted by atomic mass is 10.0. The standard InChI is InChI=1S/C28H42O2S/c29-27-21-13-11-19-25(27)17-9-5-1-3-7-15-23-31-24-16-8-4-2-6-10-18-26-20-12-14-22-28(26)30/h11-14,19-22,29-30H,1-10,15-18,23-24H2. The van der Waals surface area contributed by atoms with E-state index in [-0.39, 0.29) is 0 Å². The van der Waals surface area contributed by atoms with Crippen LogP contribution in [0, 0.1) is 0 Å². The van der Waals surface area contributed by atoms with Crippen LogP contribution in [0.5, 0.6) is 11.5 Å². The molecule has 2 aromatic carbocycles. The van der Waals surface area contributed by atoms with Crippen molar-refractivity contribution in [2.24, 2.45) is 0 Å². The zero-order valence-electron chi connectivity index (χ0n) is 19.2. The Bertz CT molecular complexity index is 641. The molecular weight excluding hydrogens is 400 g/mol. The Kier molecular flexibility index (Phi) is 14.1. The van der Waals surface area contributed by atoms with Crippen LogP contribution >= 0.6 is 11.8 Å². The third kappa shape index (κ3) is 12.1. The molecule has 0 unspecified atom stereocenters. The van der Waals surface area contributed by atoms with E-state index in [9.17, 15) is 10.2 Å². The van der Waals surface area contributed by atoms with Crippen molar-refractivity contribution in [3.8, 4) is 11.5 Å². The molecule has 2 N–H and O–H groups in total. The molecule has 0 aromatic heterocycles. The number of aromatic hydroxyl groups is 2. The summed E-state index contributed by atoms with van der Waals surface area (Å²) in [4.78, 5) is 0. The van der Waals surface area contributed by atoms with Gasteiger partial charge in [-0.05, 0) is 73.3 Å². The summed E-state index contributed by atoms with van der Waals surface area (Å²) in [6.45, 7) is 0. The van der Waals surface area contributed by atoms with Gasteiger partial charge >= 0.3 is 0 Å². The average Bonchev–Trinajstić information content (AvgIpc) is 2.78. The lowest BCUT2D eigenvalue weighted by molar-refractivity contribution is 0.465. The highest BCUT2D eigenvalue weighted by Crippen LogP contribution is 2.20. The molecule has 0 aliphatic carbocycles. The second-order valence-electron chi connectivity index (χ2n) is 8.61. The largest absolute Gasteiger partial charge is 0.508 e. The predicted molar refractivity (Wildman–Crippen MR) is 136 cm³/mol. The van der Waals surface area contributed by atoms with Crippen molar-refractivity contribution in [3.63, 3.8) is 0 Å². The van der Waals surface area contributed by atoms with Crippen molar-refractivity contribution in [1.82, 2.24) is 0 Å². The molecule has 0 saturated carbocycles. The lowest BCUT2D eigenvalue weighted by Gasteiger charge is -2.05. The summed E-state index contributed by atoms with van der Waals surface area (Å²) in [5.74, 6) is 3.53. The number of phenolic OH excluding ortho intramolecular Hbond substituents is 2. The number of para-hydroxylation sites is 2. The first-order chi connectivity index (χ1) is 15.3. The first kappa shape index (κ1) is 25.6. The van der Waals surface area contributed by atoms with Crippen molar-refractivity contribution in [2.75, 3.05) is 11.5 Å². The Morgan fingerprint density at radius 2 is 0.806 bits per heavy atom. The van der Waals surface area contributed by atoms with Crippen LogP contribution < -0.4 is 0 Å². The fourth-order valence-electron chi connectivity index (χ4n) is 4.00. The monoisotopic (exact) mass is 442 g/mol. The maximum atomic E-state index is 9.77. The molecule has 0 aliphatic heterocycles. The smallest absolute Gasteiger partial charge is 0.118 e. The van der Waals surface area contributed by atoms with Crippen LogP contribution in [-0.2, 0) is 12.8 Å². The minimum absolute atomic E-state index is 0.448. The van der Waals surface area contributed by atoms with Crippen LogP contribution in [0.25, 0.3) is 0 Å². The number of rotatable bonds is 18. The maximum Gasteiger partial charge on any atom is 0.118 e. The SMILES string of the molecule is Oc1ccccc1CCCCCCCCSCCCCCCCCc1ccccc1O. The van der Waals surface area contributed by atoms with E-state index in [1.165, 1.54) is 88.6 Å². The van der Waals surface area contributed by atoms with E-state index < -0.39 is 0 Å². The molecule has 0 heterocycles.